The third-order valence-electron chi connectivity index (χ3n) is 10.2. The SMILES string of the molecule is N#Cc1cccc(-c2cc(-n3c4ccccc4c4ccc(-c5ncccn5)cc43)c(C(F)(F)F)c(-n3c4ccccc4c4ccc(-c5ncccn5)cc43)c2)c1. The number of nitriles is 1. The molecular formula is C46H26F3N7. The number of hydrogen-bond acceptors (Lipinski definition) is 5. The highest BCUT2D eigenvalue weighted by molar-refractivity contribution is 6.12. The minimum absolute atomic E-state index is 0.0711. The van der Waals surface area contributed by atoms with Crippen molar-refractivity contribution in [2.24, 2.45) is 0 Å². The topological polar surface area (TPSA) is 85.2 Å². The van der Waals surface area contributed by atoms with Crippen LogP contribution in [0.3, 0.4) is 0 Å². The molecule has 0 aliphatic carbocycles. The molecule has 10 heteroatoms. The van der Waals surface area contributed by atoms with Gasteiger partial charge in [0.05, 0.1) is 45.1 Å². The van der Waals surface area contributed by atoms with Gasteiger partial charge in [-0.05, 0) is 71.8 Å². The van der Waals surface area contributed by atoms with Crippen LogP contribution in [0.25, 0.3) is 88.9 Å². The molecule has 4 heterocycles. The minimum Gasteiger partial charge on any atom is -0.309 e. The third-order valence-corrected chi connectivity index (χ3v) is 10.2. The molecule has 56 heavy (non-hydrogen) atoms. The quantitative estimate of drug-likeness (QED) is 0.176. The Bertz CT molecular complexity index is 3020. The summed E-state index contributed by atoms with van der Waals surface area (Å²) in [6.45, 7) is 0. The number of hydrogen-bond donors (Lipinski definition) is 0. The molecule has 10 rings (SSSR count). The van der Waals surface area contributed by atoms with E-state index in [1.165, 1.54) is 0 Å². The van der Waals surface area contributed by atoms with Gasteiger partial charge in [-0.25, -0.2) is 19.9 Å². The van der Waals surface area contributed by atoms with Crippen molar-refractivity contribution in [2.45, 2.75) is 6.18 Å². The van der Waals surface area contributed by atoms with Gasteiger partial charge in [0.15, 0.2) is 11.6 Å². The summed E-state index contributed by atoms with van der Waals surface area (Å²) in [4.78, 5) is 17.7. The zero-order valence-electron chi connectivity index (χ0n) is 29.3. The molecule has 0 N–H and O–H groups in total. The third kappa shape index (κ3) is 5.28. The second-order valence-corrected chi connectivity index (χ2v) is 13.4. The molecule has 0 fully saturated rings. The molecule has 7 nitrogen and oxygen atoms in total. The zero-order chi connectivity index (χ0) is 38.0. The Hall–Kier alpha value is -7.64. The van der Waals surface area contributed by atoms with Crippen LogP contribution in [0.5, 0.6) is 0 Å². The monoisotopic (exact) mass is 733 g/mol. The highest BCUT2D eigenvalue weighted by Gasteiger charge is 2.39. The summed E-state index contributed by atoms with van der Waals surface area (Å²) in [7, 11) is 0. The van der Waals surface area contributed by atoms with E-state index in [9.17, 15) is 5.26 Å². The maximum atomic E-state index is 16.3. The van der Waals surface area contributed by atoms with E-state index in [-0.39, 0.29) is 11.4 Å². The Labute approximate surface area is 317 Å². The number of halogens is 3. The van der Waals surface area contributed by atoms with Crippen molar-refractivity contribution in [2.75, 3.05) is 0 Å². The molecule has 0 aliphatic heterocycles. The van der Waals surface area contributed by atoms with Gasteiger partial charge in [-0.3, -0.25) is 0 Å². The van der Waals surface area contributed by atoms with Crippen LogP contribution in [0.2, 0.25) is 0 Å². The molecule has 0 spiro atoms. The normalized spacial score (nSPS) is 11.8. The molecule has 0 unspecified atom stereocenters. The van der Waals surface area contributed by atoms with Gasteiger partial charge >= 0.3 is 6.18 Å². The van der Waals surface area contributed by atoms with Crippen molar-refractivity contribution in [3.05, 3.63) is 169 Å². The lowest BCUT2D eigenvalue weighted by molar-refractivity contribution is -0.137. The van der Waals surface area contributed by atoms with Crippen LogP contribution in [-0.4, -0.2) is 29.1 Å². The van der Waals surface area contributed by atoms with Crippen LogP contribution in [0.4, 0.5) is 13.2 Å². The standard InChI is InChI=1S/C46H26F3N7/c47-46(48,49)43-41(55-37-12-3-1-10-33(37)35-16-14-30(23-39(35)55)44-51-18-6-19-52-44)25-32(29-9-5-8-28(22-29)27-50)26-42(43)56-38-13-4-2-11-34(38)36-17-15-31(24-40(36)56)45-53-20-7-21-54-45/h1-26H. The van der Waals surface area contributed by atoms with Gasteiger partial charge in [0, 0.05) is 57.5 Å². The van der Waals surface area contributed by atoms with E-state index in [1.807, 2.05) is 91.0 Å². The van der Waals surface area contributed by atoms with Crippen LogP contribution < -0.4 is 0 Å². The molecule has 10 aromatic rings. The van der Waals surface area contributed by atoms with Gasteiger partial charge in [0.1, 0.15) is 5.56 Å². The van der Waals surface area contributed by atoms with Crippen molar-refractivity contribution in [1.82, 2.24) is 29.1 Å². The molecule has 0 atom stereocenters. The largest absolute Gasteiger partial charge is 0.420 e. The zero-order valence-corrected chi connectivity index (χ0v) is 29.3. The van der Waals surface area contributed by atoms with Crippen molar-refractivity contribution >= 4 is 43.6 Å². The van der Waals surface area contributed by atoms with Crippen molar-refractivity contribution in [3.63, 3.8) is 0 Å². The molecule has 0 amide bonds. The Morgan fingerprint density at radius 3 is 1.41 bits per heavy atom. The van der Waals surface area contributed by atoms with Gasteiger partial charge in [0.25, 0.3) is 0 Å². The highest BCUT2D eigenvalue weighted by atomic mass is 19.4. The Morgan fingerprint density at radius 1 is 0.446 bits per heavy atom. The maximum absolute atomic E-state index is 16.3. The van der Waals surface area contributed by atoms with E-state index in [0.717, 1.165) is 21.5 Å². The number of rotatable bonds is 5. The average molecular weight is 734 g/mol. The fourth-order valence-electron chi connectivity index (χ4n) is 7.82. The number of benzene rings is 6. The van der Waals surface area contributed by atoms with E-state index in [0.29, 0.717) is 61.5 Å². The highest BCUT2D eigenvalue weighted by Crippen LogP contribution is 2.46. The van der Waals surface area contributed by atoms with E-state index in [1.54, 1.807) is 76.4 Å². The van der Waals surface area contributed by atoms with Crippen LogP contribution in [0.15, 0.2) is 158 Å². The van der Waals surface area contributed by atoms with E-state index < -0.39 is 11.7 Å². The van der Waals surface area contributed by atoms with Crippen molar-refractivity contribution in [3.8, 4) is 51.3 Å². The maximum Gasteiger partial charge on any atom is 0.420 e. The summed E-state index contributed by atoms with van der Waals surface area (Å²) < 4.78 is 52.4. The number of para-hydroxylation sites is 2. The molecule has 6 aromatic carbocycles. The lowest BCUT2D eigenvalue weighted by atomic mass is 9.98. The summed E-state index contributed by atoms with van der Waals surface area (Å²) in [6, 6.07) is 41.9. The van der Waals surface area contributed by atoms with E-state index >= 15 is 13.2 Å². The van der Waals surface area contributed by atoms with Crippen LogP contribution in [0.1, 0.15) is 11.1 Å². The van der Waals surface area contributed by atoms with Gasteiger partial charge in [-0.2, -0.15) is 18.4 Å². The predicted molar refractivity (Wildman–Crippen MR) is 212 cm³/mol. The number of aromatic nitrogens is 6. The molecule has 0 radical (unpaired) electrons. The lowest BCUT2D eigenvalue weighted by Gasteiger charge is -2.23. The molecular weight excluding hydrogens is 708 g/mol. The molecule has 266 valence electrons. The fraction of sp³-hybridized carbons (Fsp3) is 0.0217. The molecule has 0 aliphatic rings. The summed E-state index contributed by atoms with van der Waals surface area (Å²) in [6.07, 6.45) is 1.70. The van der Waals surface area contributed by atoms with Crippen LogP contribution in [0, 0.1) is 11.3 Å². The average Bonchev–Trinajstić information content (AvgIpc) is 3.75. The van der Waals surface area contributed by atoms with Crippen LogP contribution in [-0.2, 0) is 6.18 Å². The Morgan fingerprint density at radius 2 is 0.929 bits per heavy atom. The summed E-state index contributed by atoms with van der Waals surface area (Å²) in [5, 5.41) is 13.0. The first-order chi connectivity index (χ1) is 27.4. The lowest BCUT2D eigenvalue weighted by Crippen LogP contribution is -2.16. The number of fused-ring (bicyclic) bond motifs is 6. The van der Waals surface area contributed by atoms with E-state index in [4.69, 9.17) is 0 Å². The predicted octanol–water partition coefficient (Wildman–Crippen LogP) is 11.4. The van der Waals surface area contributed by atoms with E-state index in [2.05, 4.69) is 26.0 Å². The van der Waals surface area contributed by atoms with Gasteiger partial charge in [-0.1, -0.05) is 72.8 Å². The van der Waals surface area contributed by atoms with Gasteiger partial charge < -0.3 is 9.13 Å². The Balaban J connectivity index is 1.38. The summed E-state index contributed by atoms with van der Waals surface area (Å²) in [5.41, 5.74) is 4.14. The first-order valence-electron chi connectivity index (χ1n) is 17.7. The van der Waals surface area contributed by atoms with Gasteiger partial charge in [0.2, 0.25) is 0 Å². The molecule has 0 bridgehead atoms. The second kappa shape index (κ2) is 12.7. The minimum atomic E-state index is -4.84. The van der Waals surface area contributed by atoms with Crippen molar-refractivity contribution < 1.29 is 13.2 Å². The molecule has 4 aromatic heterocycles. The van der Waals surface area contributed by atoms with Gasteiger partial charge in [-0.15, -0.1) is 0 Å². The number of alkyl halides is 3. The van der Waals surface area contributed by atoms with Crippen LogP contribution >= 0.6 is 0 Å². The molecule has 0 saturated carbocycles. The summed E-state index contributed by atoms with van der Waals surface area (Å²) >= 11 is 0. The molecule has 0 saturated heterocycles. The first kappa shape index (κ1) is 33.0. The second-order valence-electron chi connectivity index (χ2n) is 13.4. The Kier molecular flexibility index (Phi) is 7.50. The smallest absolute Gasteiger partial charge is 0.309 e. The first-order valence-corrected chi connectivity index (χ1v) is 17.7. The number of nitrogens with zero attached hydrogens (tertiary/aromatic N) is 7. The van der Waals surface area contributed by atoms with Crippen molar-refractivity contribution in [1.29, 1.82) is 5.26 Å². The fourth-order valence-corrected chi connectivity index (χ4v) is 7.82. The summed E-state index contributed by atoms with van der Waals surface area (Å²) in [5.74, 6) is 0.905.